The van der Waals surface area contributed by atoms with Crippen molar-refractivity contribution in [2.75, 3.05) is 6.61 Å². The van der Waals surface area contributed by atoms with Crippen LogP contribution in [0.1, 0.15) is 60.5 Å². The molecule has 0 aliphatic carbocycles. The van der Waals surface area contributed by atoms with Crippen LogP contribution in [0.5, 0.6) is 0 Å². The van der Waals surface area contributed by atoms with Gasteiger partial charge in [0.05, 0.1) is 6.61 Å². The minimum absolute atomic E-state index is 0.105. The molecule has 0 fully saturated rings. The number of hydrogen-bond donors (Lipinski definition) is 0. The quantitative estimate of drug-likeness (QED) is 0.442. The minimum Gasteiger partial charge on any atom is -0.466 e. The normalized spacial score (nSPS) is 19.3. The van der Waals surface area contributed by atoms with Crippen LogP contribution in [0, 0.1) is 0 Å². The summed E-state index contributed by atoms with van der Waals surface area (Å²) in [7, 11) is 0. The zero-order valence-electron chi connectivity index (χ0n) is 13.3. The first kappa shape index (κ1) is 4.64. The van der Waals surface area contributed by atoms with Crippen molar-refractivity contribution in [2.24, 2.45) is 0 Å². The lowest BCUT2D eigenvalue weighted by Gasteiger charge is -2.02. The van der Waals surface area contributed by atoms with Crippen LogP contribution >= 0.6 is 0 Å². The summed E-state index contributed by atoms with van der Waals surface area (Å²) in [6, 6.07) is 0. The SMILES string of the molecule is [2H]C([2H])([2H])CCCCCOC(=O)CCC([2H])([2H])[2H]. The molecule has 0 aromatic rings. The molecule has 0 radical (unpaired) electrons. The summed E-state index contributed by atoms with van der Waals surface area (Å²) in [5, 5.41) is 0. The van der Waals surface area contributed by atoms with E-state index in [1.807, 2.05) is 0 Å². The number of carbonyl (C=O) groups excluding carboxylic acids is 1. The van der Waals surface area contributed by atoms with E-state index >= 15 is 0 Å². The molecule has 0 aromatic carbocycles. The van der Waals surface area contributed by atoms with E-state index in [4.69, 9.17) is 13.0 Å². The smallest absolute Gasteiger partial charge is 0.305 e. The highest BCUT2D eigenvalue weighted by molar-refractivity contribution is 5.69. The van der Waals surface area contributed by atoms with E-state index in [1.54, 1.807) is 0 Å². The highest BCUT2D eigenvalue weighted by Crippen LogP contribution is 2.00. The Morgan fingerprint density at radius 3 is 2.83 bits per heavy atom. The summed E-state index contributed by atoms with van der Waals surface area (Å²) in [4.78, 5) is 11.1. The van der Waals surface area contributed by atoms with Crippen LogP contribution in [-0.4, -0.2) is 12.6 Å². The van der Waals surface area contributed by atoms with Crippen LogP contribution in [0.4, 0.5) is 0 Å². The van der Waals surface area contributed by atoms with Gasteiger partial charge in [0.1, 0.15) is 0 Å². The molecule has 0 aliphatic heterocycles. The van der Waals surface area contributed by atoms with Crippen LogP contribution in [-0.2, 0) is 9.53 Å². The highest BCUT2D eigenvalue weighted by Gasteiger charge is 1.98. The second-order valence-corrected chi connectivity index (χ2v) is 2.53. The van der Waals surface area contributed by atoms with E-state index in [1.165, 1.54) is 0 Å². The van der Waals surface area contributed by atoms with Crippen molar-refractivity contribution in [3.05, 3.63) is 0 Å². The summed E-state index contributed by atoms with van der Waals surface area (Å²) < 4.78 is 46.6. The number of ether oxygens (including phenoxy) is 1. The number of hydrogen-bond acceptors (Lipinski definition) is 2. The summed E-state index contributed by atoms with van der Waals surface area (Å²) in [5.41, 5.74) is 0. The van der Waals surface area contributed by atoms with Crippen molar-refractivity contribution in [3.63, 3.8) is 0 Å². The third-order valence-corrected chi connectivity index (χ3v) is 1.41. The van der Waals surface area contributed by atoms with Crippen LogP contribution in [0.15, 0.2) is 0 Å². The maximum atomic E-state index is 11.1. The van der Waals surface area contributed by atoms with E-state index in [0.717, 1.165) is 0 Å². The first-order chi connectivity index (χ1) is 8.10. The van der Waals surface area contributed by atoms with Gasteiger partial charge in [-0.05, 0) is 12.8 Å². The van der Waals surface area contributed by atoms with Crippen LogP contribution < -0.4 is 0 Å². The average Bonchev–Trinajstić information content (AvgIpc) is 2.17. The van der Waals surface area contributed by atoms with Crippen molar-refractivity contribution in [2.45, 2.75) is 52.2 Å². The van der Waals surface area contributed by atoms with E-state index < -0.39 is 19.7 Å². The molecular formula is C10H20O2. The molecule has 2 nitrogen and oxygen atoms in total. The zero-order valence-corrected chi connectivity index (χ0v) is 7.27. The maximum Gasteiger partial charge on any atom is 0.305 e. The average molecular weight is 178 g/mol. The predicted molar refractivity (Wildman–Crippen MR) is 50.0 cm³/mol. The lowest BCUT2D eigenvalue weighted by Crippen LogP contribution is -2.04. The Kier molecular flexibility index (Phi) is 3.31. The molecular weight excluding hydrogens is 152 g/mol. The van der Waals surface area contributed by atoms with Gasteiger partial charge in [-0.3, -0.25) is 4.79 Å². The largest absolute Gasteiger partial charge is 0.466 e. The molecule has 0 bridgehead atoms. The molecule has 0 saturated carbocycles. The van der Waals surface area contributed by atoms with E-state index in [9.17, 15) is 4.79 Å². The van der Waals surface area contributed by atoms with Gasteiger partial charge in [0.2, 0.25) is 0 Å². The molecule has 12 heavy (non-hydrogen) atoms. The number of esters is 1. The van der Waals surface area contributed by atoms with Gasteiger partial charge in [-0.15, -0.1) is 0 Å². The summed E-state index contributed by atoms with van der Waals surface area (Å²) in [6.07, 6.45) is 1.75. The van der Waals surface area contributed by atoms with E-state index in [0.29, 0.717) is 19.3 Å². The van der Waals surface area contributed by atoms with Crippen molar-refractivity contribution in [3.8, 4) is 0 Å². The Hall–Kier alpha value is -0.530. The third kappa shape index (κ3) is 7.58. The van der Waals surface area contributed by atoms with Crippen molar-refractivity contribution in [1.29, 1.82) is 0 Å². The molecule has 0 saturated heterocycles. The Bertz CT molecular complexity index is 246. The van der Waals surface area contributed by atoms with Crippen LogP contribution in [0.2, 0.25) is 0 Å². The van der Waals surface area contributed by atoms with Gasteiger partial charge < -0.3 is 4.74 Å². The lowest BCUT2D eigenvalue weighted by molar-refractivity contribution is -0.143. The molecule has 0 heterocycles. The fourth-order valence-corrected chi connectivity index (χ4v) is 0.764. The number of rotatable bonds is 7. The van der Waals surface area contributed by atoms with Gasteiger partial charge in [-0.1, -0.05) is 33.0 Å². The van der Waals surface area contributed by atoms with Crippen LogP contribution in [0.25, 0.3) is 0 Å². The fraction of sp³-hybridized carbons (Fsp3) is 0.900. The maximum absolute atomic E-state index is 11.1. The molecule has 0 N–H and O–H groups in total. The van der Waals surface area contributed by atoms with E-state index in [-0.39, 0.29) is 25.9 Å². The Morgan fingerprint density at radius 2 is 2.08 bits per heavy atom. The Labute approximate surface area is 83.7 Å². The lowest BCUT2D eigenvalue weighted by atomic mass is 10.2. The third-order valence-electron chi connectivity index (χ3n) is 1.41. The fourth-order valence-electron chi connectivity index (χ4n) is 0.764. The van der Waals surface area contributed by atoms with Gasteiger partial charge in [0.25, 0.3) is 0 Å². The van der Waals surface area contributed by atoms with Gasteiger partial charge in [0, 0.05) is 14.6 Å². The molecule has 0 spiro atoms. The monoisotopic (exact) mass is 178 g/mol. The van der Waals surface area contributed by atoms with Crippen molar-refractivity contribution in [1.82, 2.24) is 0 Å². The summed E-state index contributed by atoms with van der Waals surface area (Å²) in [5.74, 6) is -0.512. The molecule has 0 atom stereocenters. The summed E-state index contributed by atoms with van der Waals surface area (Å²) >= 11 is 0. The van der Waals surface area contributed by atoms with Gasteiger partial charge in [0.15, 0.2) is 0 Å². The Balaban J connectivity index is 3.42. The minimum atomic E-state index is -2.10. The predicted octanol–water partition coefficient (Wildman–Crippen LogP) is 2.91. The topological polar surface area (TPSA) is 26.3 Å². The van der Waals surface area contributed by atoms with E-state index in [2.05, 4.69) is 0 Å². The molecule has 2 heteroatoms. The molecule has 0 amide bonds. The molecule has 0 aliphatic rings. The van der Waals surface area contributed by atoms with Crippen LogP contribution in [0.3, 0.4) is 0 Å². The van der Waals surface area contributed by atoms with Crippen molar-refractivity contribution < 1.29 is 17.8 Å². The van der Waals surface area contributed by atoms with Crippen molar-refractivity contribution >= 4 is 5.97 Å². The zero-order chi connectivity index (χ0) is 14.2. The van der Waals surface area contributed by atoms with Gasteiger partial charge in [-0.2, -0.15) is 0 Å². The number of unbranched alkanes of at least 4 members (excludes halogenated alkanes) is 2. The molecule has 0 rings (SSSR count). The first-order valence-corrected chi connectivity index (χ1v) is 4.26. The van der Waals surface area contributed by atoms with Gasteiger partial charge >= 0.3 is 5.97 Å². The number of carbonyl (C=O) groups is 1. The molecule has 72 valence electrons. The van der Waals surface area contributed by atoms with Gasteiger partial charge in [-0.25, -0.2) is 0 Å². The first-order valence-electron chi connectivity index (χ1n) is 7.26. The standard InChI is InChI=1S/C10H20O2/c1-3-5-6-7-9-12-10(11)8-4-2/h3-9H2,1-2H3/i1D3,2D3. The molecule has 0 unspecified atom stereocenters. The highest BCUT2D eigenvalue weighted by atomic mass is 16.5. The second-order valence-electron chi connectivity index (χ2n) is 2.53. The molecule has 0 aromatic heterocycles. The Morgan fingerprint density at radius 1 is 1.25 bits per heavy atom. The second kappa shape index (κ2) is 8.57. The summed E-state index contributed by atoms with van der Waals surface area (Å²) in [6.45, 7) is -3.77.